The van der Waals surface area contributed by atoms with Gasteiger partial charge in [0.25, 0.3) is 5.91 Å². The molecule has 134 valence electrons. The van der Waals surface area contributed by atoms with Crippen molar-refractivity contribution in [2.75, 3.05) is 40.4 Å². The third kappa shape index (κ3) is 4.95. The minimum Gasteiger partial charge on any atom is -0.493 e. The number of ether oxygens (including phenoxy) is 4. The summed E-state index contributed by atoms with van der Waals surface area (Å²) in [5.41, 5.74) is 0.294. The second-order valence-corrected chi connectivity index (χ2v) is 5.73. The Morgan fingerprint density at radius 2 is 1.67 bits per heavy atom. The van der Waals surface area contributed by atoms with Crippen LogP contribution in [-0.4, -0.2) is 58.4 Å². The molecule has 1 atom stereocenters. The zero-order chi connectivity index (χ0) is 18.1. The van der Waals surface area contributed by atoms with E-state index in [1.807, 2.05) is 6.26 Å². The minimum atomic E-state index is -0.714. The van der Waals surface area contributed by atoms with Crippen LogP contribution < -0.4 is 19.5 Å². The third-order valence-electron chi connectivity index (χ3n) is 3.33. The van der Waals surface area contributed by atoms with Gasteiger partial charge < -0.3 is 24.3 Å². The number of carbonyl (C=O) groups excluding carboxylic acids is 2. The summed E-state index contributed by atoms with van der Waals surface area (Å²) < 4.78 is 20.4. The first-order valence-electron chi connectivity index (χ1n) is 7.19. The molecule has 0 aliphatic rings. The number of thioether (sulfide) groups is 1. The number of esters is 1. The Kier molecular flexibility index (Phi) is 8.25. The first-order chi connectivity index (χ1) is 11.5. The number of rotatable bonds is 9. The average molecular weight is 357 g/mol. The average Bonchev–Trinajstić information content (AvgIpc) is 2.62. The summed E-state index contributed by atoms with van der Waals surface area (Å²) in [6.07, 6.45) is 2.40. The molecule has 0 saturated carbocycles. The molecule has 0 fully saturated rings. The molecular formula is C16H23NO6S. The lowest BCUT2D eigenvalue weighted by Crippen LogP contribution is -2.42. The molecule has 1 amide bonds. The standard InChI is InChI=1S/C16H23NO6S/c1-20-12-8-10(9-13(21-2)14(12)22-3)15(18)17-11(6-7-24-5)16(19)23-4/h8-9,11H,6-7H2,1-5H3,(H,17,18)/t11-/m1/s1. The van der Waals surface area contributed by atoms with E-state index >= 15 is 0 Å². The van der Waals surface area contributed by atoms with E-state index in [0.29, 0.717) is 29.2 Å². The van der Waals surface area contributed by atoms with Crippen LogP contribution in [0.25, 0.3) is 0 Å². The molecule has 0 unspecified atom stereocenters. The van der Waals surface area contributed by atoms with Gasteiger partial charge in [0.2, 0.25) is 5.75 Å². The first kappa shape index (κ1) is 20.0. The highest BCUT2D eigenvalue weighted by Crippen LogP contribution is 2.38. The molecule has 0 aliphatic heterocycles. The van der Waals surface area contributed by atoms with E-state index in [0.717, 1.165) is 5.75 Å². The Morgan fingerprint density at radius 3 is 2.08 bits per heavy atom. The van der Waals surface area contributed by atoms with Crippen LogP contribution in [-0.2, 0) is 9.53 Å². The largest absolute Gasteiger partial charge is 0.493 e. The Hall–Kier alpha value is -2.09. The van der Waals surface area contributed by atoms with E-state index < -0.39 is 17.9 Å². The molecule has 0 aliphatic carbocycles. The van der Waals surface area contributed by atoms with Crippen LogP contribution in [0, 0.1) is 0 Å². The number of hydrogen-bond donors (Lipinski definition) is 1. The van der Waals surface area contributed by atoms with Gasteiger partial charge in [-0.3, -0.25) is 4.79 Å². The highest BCUT2D eigenvalue weighted by Gasteiger charge is 2.23. The number of methoxy groups -OCH3 is 4. The normalized spacial score (nSPS) is 11.4. The van der Waals surface area contributed by atoms with Gasteiger partial charge in [-0.25, -0.2) is 4.79 Å². The van der Waals surface area contributed by atoms with Gasteiger partial charge in [-0.15, -0.1) is 0 Å². The van der Waals surface area contributed by atoms with Crippen LogP contribution in [0.2, 0.25) is 0 Å². The van der Waals surface area contributed by atoms with Crippen LogP contribution in [0.4, 0.5) is 0 Å². The van der Waals surface area contributed by atoms with Gasteiger partial charge in [-0.05, 0) is 30.6 Å². The predicted octanol–water partition coefficient (Wildman–Crippen LogP) is 1.74. The molecule has 1 rings (SSSR count). The van der Waals surface area contributed by atoms with Crippen molar-refractivity contribution in [2.45, 2.75) is 12.5 Å². The summed E-state index contributed by atoms with van der Waals surface area (Å²) in [7, 11) is 5.71. The lowest BCUT2D eigenvalue weighted by molar-refractivity contribution is -0.142. The summed E-state index contributed by atoms with van der Waals surface area (Å²) in [6, 6.07) is 2.34. The predicted molar refractivity (Wildman–Crippen MR) is 92.4 cm³/mol. The molecule has 8 heteroatoms. The molecule has 0 aromatic heterocycles. The number of amides is 1. The van der Waals surface area contributed by atoms with Crippen molar-refractivity contribution in [1.29, 1.82) is 0 Å². The van der Waals surface area contributed by atoms with Gasteiger partial charge >= 0.3 is 5.97 Å². The van der Waals surface area contributed by atoms with Crippen molar-refractivity contribution >= 4 is 23.6 Å². The summed E-state index contributed by atoms with van der Waals surface area (Å²) in [5, 5.41) is 2.68. The topological polar surface area (TPSA) is 83.1 Å². The Labute approximate surface area is 146 Å². The number of hydrogen-bond acceptors (Lipinski definition) is 7. The van der Waals surface area contributed by atoms with Crippen LogP contribution in [0.1, 0.15) is 16.8 Å². The van der Waals surface area contributed by atoms with Gasteiger partial charge in [0.15, 0.2) is 11.5 Å². The van der Waals surface area contributed by atoms with E-state index in [2.05, 4.69) is 5.32 Å². The monoisotopic (exact) mass is 357 g/mol. The zero-order valence-corrected chi connectivity index (χ0v) is 15.3. The van der Waals surface area contributed by atoms with E-state index in [-0.39, 0.29) is 0 Å². The summed E-state index contributed by atoms with van der Waals surface area (Å²) in [5.74, 6) is 0.926. The molecule has 0 radical (unpaired) electrons. The van der Waals surface area contributed by atoms with Crippen LogP contribution in [0.15, 0.2) is 12.1 Å². The lowest BCUT2D eigenvalue weighted by atomic mass is 10.1. The third-order valence-corrected chi connectivity index (χ3v) is 3.97. The maximum absolute atomic E-state index is 12.5. The highest BCUT2D eigenvalue weighted by molar-refractivity contribution is 7.98. The Bertz CT molecular complexity index is 553. The van der Waals surface area contributed by atoms with Gasteiger partial charge in [0, 0.05) is 5.56 Å². The summed E-state index contributed by atoms with van der Waals surface area (Å²) in [4.78, 5) is 24.3. The Morgan fingerprint density at radius 1 is 1.08 bits per heavy atom. The van der Waals surface area contributed by atoms with Crippen LogP contribution in [0.5, 0.6) is 17.2 Å². The molecule has 1 N–H and O–H groups in total. The Balaban J connectivity index is 3.06. The quantitative estimate of drug-likeness (QED) is 0.674. The summed E-state index contributed by atoms with van der Waals surface area (Å²) in [6.45, 7) is 0. The van der Waals surface area contributed by atoms with E-state index in [1.165, 1.54) is 40.6 Å². The fraction of sp³-hybridized carbons (Fsp3) is 0.500. The first-order valence-corrected chi connectivity index (χ1v) is 8.59. The fourth-order valence-corrected chi connectivity index (χ4v) is 2.55. The van der Waals surface area contributed by atoms with Crippen molar-refractivity contribution in [2.24, 2.45) is 0 Å². The van der Waals surface area contributed by atoms with Gasteiger partial charge in [-0.1, -0.05) is 0 Å². The van der Waals surface area contributed by atoms with Crippen molar-refractivity contribution in [3.8, 4) is 17.2 Å². The van der Waals surface area contributed by atoms with Crippen molar-refractivity contribution in [3.05, 3.63) is 17.7 Å². The molecule has 24 heavy (non-hydrogen) atoms. The smallest absolute Gasteiger partial charge is 0.328 e. The lowest BCUT2D eigenvalue weighted by Gasteiger charge is -2.17. The molecule has 0 bridgehead atoms. The van der Waals surface area contributed by atoms with Gasteiger partial charge in [-0.2, -0.15) is 11.8 Å². The maximum atomic E-state index is 12.5. The molecule has 0 spiro atoms. The molecule has 7 nitrogen and oxygen atoms in total. The van der Waals surface area contributed by atoms with Gasteiger partial charge in [0.1, 0.15) is 6.04 Å². The maximum Gasteiger partial charge on any atom is 0.328 e. The molecule has 0 saturated heterocycles. The van der Waals surface area contributed by atoms with E-state index in [1.54, 1.807) is 11.8 Å². The fourth-order valence-electron chi connectivity index (χ4n) is 2.08. The number of nitrogens with one attached hydrogen (secondary N) is 1. The SMILES string of the molecule is COC(=O)[C@@H](CCSC)NC(=O)c1cc(OC)c(OC)c(OC)c1. The zero-order valence-electron chi connectivity index (χ0n) is 14.5. The van der Waals surface area contributed by atoms with Crippen LogP contribution in [0.3, 0.4) is 0 Å². The second kappa shape index (κ2) is 9.92. The molecule has 1 aromatic rings. The minimum absolute atomic E-state index is 0.294. The van der Waals surface area contributed by atoms with Crippen LogP contribution >= 0.6 is 11.8 Å². The van der Waals surface area contributed by atoms with E-state index in [4.69, 9.17) is 18.9 Å². The van der Waals surface area contributed by atoms with E-state index in [9.17, 15) is 9.59 Å². The molecule has 0 heterocycles. The van der Waals surface area contributed by atoms with Crippen molar-refractivity contribution < 1.29 is 28.5 Å². The highest BCUT2D eigenvalue weighted by atomic mass is 32.2. The molecular weight excluding hydrogens is 334 g/mol. The van der Waals surface area contributed by atoms with Gasteiger partial charge in [0.05, 0.1) is 28.4 Å². The number of carbonyl (C=O) groups is 2. The second-order valence-electron chi connectivity index (χ2n) is 4.74. The summed E-state index contributed by atoms with van der Waals surface area (Å²) >= 11 is 1.58. The van der Waals surface area contributed by atoms with Crippen molar-refractivity contribution in [3.63, 3.8) is 0 Å². The number of benzene rings is 1. The molecule has 1 aromatic carbocycles. The van der Waals surface area contributed by atoms with Crippen molar-refractivity contribution in [1.82, 2.24) is 5.32 Å².